The number of carbonyl (C=O) groups is 1. The van der Waals surface area contributed by atoms with Crippen LogP contribution >= 0.6 is 0 Å². The summed E-state index contributed by atoms with van der Waals surface area (Å²) in [7, 11) is 0. The van der Waals surface area contributed by atoms with Crippen molar-refractivity contribution in [3.8, 4) is 11.5 Å². The van der Waals surface area contributed by atoms with E-state index < -0.39 is 17.6 Å². The molecule has 3 N–H and O–H groups in total. The summed E-state index contributed by atoms with van der Waals surface area (Å²) in [6.45, 7) is 6.10. The summed E-state index contributed by atoms with van der Waals surface area (Å²) < 4.78 is 11.2. The average molecular weight is 267 g/mol. The van der Waals surface area contributed by atoms with Crippen LogP contribution in [0.25, 0.3) is 0 Å². The molecule has 0 aliphatic rings. The highest BCUT2D eigenvalue weighted by Gasteiger charge is 2.27. The number of aliphatic carboxylic acids is 1. The van der Waals surface area contributed by atoms with E-state index in [0.717, 1.165) is 5.75 Å². The van der Waals surface area contributed by atoms with E-state index in [-0.39, 0.29) is 6.42 Å². The third-order valence-corrected chi connectivity index (χ3v) is 2.54. The molecule has 0 fully saturated rings. The molecule has 19 heavy (non-hydrogen) atoms. The van der Waals surface area contributed by atoms with Crippen molar-refractivity contribution in [1.29, 1.82) is 0 Å². The zero-order chi connectivity index (χ0) is 14.5. The molecule has 0 bridgehead atoms. The maximum Gasteiger partial charge on any atom is 0.320 e. The lowest BCUT2D eigenvalue weighted by molar-refractivity contribution is -0.139. The van der Waals surface area contributed by atoms with Crippen LogP contribution in [0.3, 0.4) is 0 Å². The minimum Gasteiger partial charge on any atom is -0.494 e. The first kappa shape index (κ1) is 15.3. The molecule has 1 aromatic rings. The molecule has 0 saturated carbocycles. The summed E-state index contributed by atoms with van der Waals surface area (Å²) in [5, 5.41) is 8.82. The molecule has 0 aromatic heterocycles. The van der Waals surface area contributed by atoms with Gasteiger partial charge in [0.1, 0.15) is 23.1 Å². The smallest absolute Gasteiger partial charge is 0.320 e. The fourth-order valence-electron chi connectivity index (χ4n) is 1.77. The first-order valence-corrected chi connectivity index (χ1v) is 6.24. The first-order valence-electron chi connectivity index (χ1n) is 6.24. The molecule has 0 radical (unpaired) electrons. The van der Waals surface area contributed by atoms with E-state index in [1.165, 1.54) is 0 Å². The highest BCUT2D eigenvalue weighted by molar-refractivity contribution is 5.73. The molecule has 106 valence electrons. The van der Waals surface area contributed by atoms with Gasteiger partial charge < -0.3 is 20.3 Å². The number of rotatable bonds is 7. The van der Waals surface area contributed by atoms with E-state index in [2.05, 4.69) is 0 Å². The second-order valence-corrected chi connectivity index (χ2v) is 4.92. The van der Waals surface area contributed by atoms with Crippen molar-refractivity contribution in [2.75, 3.05) is 6.61 Å². The Hall–Kier alpha value is -1.75. The Morgan fingerprint density at radius 3 is 2.63 bits per heavy atom. The van der Waals surface area contributed by atoms with Gasteiger partial charge in [0.15, 0.2) is 0 Å². The molecule has 1 rings (SSSR count). The number of hydrogen-bond acceptors (Lipinski definition) is 4. The lowest BCUT2D eigenvalue weighted by Gasteiger charge is -2.28. The average Bonchev–Trinajstić information content (AvgIpc) is 2.28. The van der Waals surface area contributed by atoms with Gasteiger partial charge in [-0.1, -0.05) is 6.07 Å². The van der Waals surface area contributed by atoms with Crippen molar-refractivity contribution < 1.29 is 19.4 Å². The van der Waals surface area contributed by atoms with Crippen LogP contribution in [0.2, 0.25) is 0 Å². The van der Waals surface area contributed by atoms with Crippen molar-refractivity contribution in [2.24, 2.45) is 5.73 Å². The summed E-state index contributed by atoms with van der Waals surface area (Å²) >= 11 is 0. The van der Waals surface area contributed by atoms with Gasteiger partial charge in [-0.3, -0.25) is 4.79 Å². The lowest BCUT2D eigenvalue weighted by atomic mass is 9.99. The van der Waals surface area contributed by atoms with E-state index in [1.807, 2.05) is 32.9 Å². The van der Waals surface area contributed by atoms with Gasteiger partial charge >= 0.3 is 5.97 Å². The maximum atomic E-state index is 10.8. The number of carboxylic acids is 1. The number of hydrogen-bond donors (Lipinski definition) is 2. The van der Waals surface area contributed by atoms with Crippen molar-refractivity contribution in [3.05, 3.63) is 24.3 Å². The fourth-order valence-corrected chi connectivity index (χ4v) is 1.77. The molecule has 0 saturated heterocycles. The minimum absolute atomic E-state index is 0.223. The van der Waals surface area contributed by atoms with E-state index in [4.69, 9.17) is 20.3 Å². The Bertz CT molecular complexity index is 431. The molecule has 5 nitrogen and oxygen atoms in total. The van der Waals surface area contributed by atoms with E-state index in [1.54, 1.807) is 12.1 Å². The van der Waals surface area contributed by atoms with Gasteiger partial charge in [-0.2, -0.15) is 0 Å². The Labute approximate surface area is 113 Å². The predicted octanol–water partition coefficient (Wildman–Crippen LogP) is 2.04. The normalized spacial score (nSPS) is 12.8. The summed E-state index contributed by atoms with van der Waals surface area (Å²) in [4.78, 5) is 10.8. The monoisotopic (exact) mass is 267 g/mol. The molecule has 5 heteroatoms. The van der Waals surface area contributed by atoms with Gasteiger partial charge in [0.2, 0.25) is 0 Å². The Morgan fingerprint density at radius 2 is 2.05 bits per heavy atom. The quantitative estimate of drug-likeness (QED) is 0.790. The van der Waals surface area contributed by atoms with E-state index in [9.17, 15) is 4.79 Å². The van der Waals surface area contributed by atoms with Crippen LogP contribution in [-0.2, 0) is 4.79 Å². The minimum atomic E-state index is -1.03. The molecular weight excluding hydrogens is 246 g/mol. The molecule has 1 atom stereocenters. The maximum absolute atomic E-state index is 10.8. The first-order chi connectivity index (χ1) is 8.84. The van der Waals surface area contributed by atoms with Crippen LogP contribution in [0.15, 0.2) is 24.3 Å². The Kier molecular flexibility index (Phi) is 5.18. The summed E-state index contributed by atoms with van der Waals surface area (Å²) in [5.41, 5.74) is 4.87. The SMILES string of the molecule is CCOc1cccc(OC(C)(C)CC(N)C(=O)O)c1. The van der Waals surface area contributed by atoms with Gasteiger partial charge in [0, 0.05) is 12.5 Å². The van der Waals surface area contributed by atoms with Crippen LogP contribution in [0.4, 0.5) is 0 Å². The second-order valence-electron chi connectivity index (χ2n) is 4.92. The molecule has 0 aliphatic carbocycles. The predicted molar refractivity (Wildman–Crippen MR) is 72.5 cm³/mol. The van der Waals surface area contributed by atoms with Crippen molar-refractivity contribution >= 4 is 5.97 Å². The fraction of sp³-hybridized carbons (Fsp3) is 0.500. The Morgan fingerprint density at radius 1 is 1.42 bits per heavy atom. The van der Waals surface area contributed by atoms with Crippen LogP contribution in [0.1, 0.15) is 27.2 Å². The molecule has 1 unspecified atom stereocenters. The number of ether oxygens (including phenoxy) is 2. The highest BCUT2D eigenvalue weighted by Crippen LogP contribution is 2.25. The van der Waals surface area contributed by atoms with Crippen LogP contribution in [-0.4, -0.2) is 29.3 Å². The topological polar surface area (TPSA) is 81.8 Å². The summed E-state index contributed by atoms with van der Waals surface area (Å²) in [6.07, 6.45) is 0.223. The Balaban J connectivity index is 2.71. The number of nitrogens with two attached hydrogens (primary N) is 1. The van der Waals surface area contributed by atoms with Gasteiger partial charge in [-0.15, -0.1) is 0 Å². The number of carboxylic acid groups (broad SMARTS) is 1. The van der Waals surface area contributed by atoms with Crippen molar-refractivity contribution in [2.45, 2.75) is 38.8 Å². The molecule has 0 heterocycles. The van der Waals surface area contributed by atoms with Crippen LogP contribution < -0.4 is 15.2 Å². The van der Waals surface area contributed by atoms with Crippen LogP contribution in [0.5, 0.6) is 11.5 Å². The molecule has 1 aromatic carbocycles. The molecular formula is C14H21NO4. The molecule has 0 aliphatic heterocycles. The van der Waals surface area contributed by atoms with Gasteiger partial charge in [-0.05, 0) is 32.9 Å². The molecule has 0 spiro atoms. The standard InChI is InChI=1S/C14H21NO4/c1-4-18-10-6-5-7-11(8-10)19-14(2,3)9-12(15)13(16)17/h5-8,12H,4,9,15H2,1-3H3,(H,16,17). The third-order valence-electron chi connectivity index (χ3n) is 2.54. The summed E-state index contributed by atoms with van der Waals surface area (Å²) in [5.74, 6) is 0.326. The van der Waals surface area contributed by atoms with Crippen molar-refractivity contribution in [1.82, 2.24) is 0 Å². The van der Waals surface area contributed by atoms with Gasteiger partial charge in [0.05, 0.1) is 6.61 Å². The summed E-state index contributed by atoms with van der Waals surface area (Å²) in [6, 6.07) is 6.30. The van der Waals surface area contributed by atoms with Gasteiger partial charge in [0.25, 0.3) is 0 Å². The zero-order valence-corrected chi connectivity index (χ0v) is 11.6. The third kappa shape index (κ3) is 5.18. The van der Waals surface area contributed by atoms with E-state index >= 15 is 0 Å². The van der Waals surface area contributed by atoms with Gasteiger partial charge in [-0.25, -0.2) is 0 Å². The molecule has 0 amide bonds. The largest absolute Gasteiger partial charge is 0.494 e. The highest BCUT2D eigenvalue weighted by atomic mass is 16.5. The zero-order valence-electron chi connectivity index (χ0n) is 11.6. The van der Waals surface area contributed by atoms with Crippen LogP contribution in [0, 0.1) is 0 Å². The van der Waals surface area contributed by atoms with E-state index in [0.29, 0.717) is 12.4 Å². The van der Waals surface area contributed by atoms with Crippen molar-refractivity contribution in [3.63, 3.8) is 0 Å². The second kappa shape index (κ2) is 6.43. The lowest BCUT2D eigenvalue weighted by Crippen LogP contribution is -2.41. The number of benzene rings is 1.